The highest BCUT2D eigenvalue weighted by Crippen LogP contribution is 2.28. The van der Waals surface area contributed by atoms with Gasteiger partial charge >= 0.3 is 0 Å². The topological polar surface area (TPSA) is 44.1 Å². The van der Waals surface area contributed by atoms with Crippen molar-refractivity contribution in [3.05, 3.63) is 80.0 Å². The van der Waals surface area contributed by atoms with Crippen LogP contribution in [0.2, 0.25) is 15.1 Å². The summed E-state index contributed by atoms with van der Waals surface area (Å²) in [6, 6.07) is 12.2. The molecule has 0 N–H and O–H groups in total. The number of carbonyl (C=O) groups excluding carboxylic acids is 1. The van der Waals surface area contributed by atoms with E-state index < -0.39 is 0 Å². The number of ether oxygens (including phenoxy) is 1. The molecule has 134 valence electrons. The summed E-state index contributed by atoms with van der Waals surface area (Å²) in [6.45, 7) is 3.79. The van der Waals surface area contributed by atoms with Crippen molar-refractivity contribution in [1.82, 2.24) is 9.78 Å². The fraction of sp³-hybridized carbons (Fsp3) is 0.158. The number of halogens is 3. The van der Waals surface area contributed by atoms with Crippen LogP contribution < -0.4 is 4.74 Å². The Morgan fingerprint density at radius 3 is 2.54 bits per heavy atom. The first-order chi connectivity index (χ1) is 12.4. The fourth-order valence-electron chi connectivity index (χ4n) is 2.49. The molecule has 0 saturated heterocycles. The van der Waals surface area contributed by atoms with E-state index in [0.29, 0.717) is 37.8 Å². The molecule has 26 heavy (non-hydrogen) atoms. The first-order valence-electron chi connectivity index (χ1n) is 7.80. The lowest BCUT2D eigenvalue weighted by atomic mass is 10.1. The lowest BCUT2D eigenvalue weighted by Gasteiger charge is -2.10. The molecule has 0 atom stereocenters. The van der Waals surface area contributed by atoms with E-state index in [0.717, 1.165) is 5.56 Å². The van der Waals surface area contributed by atoms with E-state index in [4.69, 9.17) is 39.5 Å². The molecule has 1 heterocycles. The van der Waals surface area contributed by atoms with Crippen molar-refractivity contribution in [3.63, 3.8) is 0 Å². The van der Waals surface area contributed by atoms with Gasteiger partial charge in [0.2, 0.25) is 0 Å². The van der Waals surface area contributed by atoms with Gasteiger partial charge in [0.1, 0.15) is 12.4 Å². The van der Waals surface area contributed by atoms with Gasteiger partial charge in [-0.1, -0.05) is 46.9 Å². The highest BCUT2D eigenvalue weighted by molar-refractivity contribution is 6.35. The second-order valence-electron chi connectivity index (χ2n) is 5.77. The van der Waals surface area contributed by atoms with Crippen LogP contribution in [0.3, 0.4) is 0 Å². The van der Waals surface area contributed by atoms with Gasteiger partial charge in [-0.05, 0) is 49.7 Å². The molecule has 0 unspecified atom stereocenters. The summed E-state index contributed by atoms with van der Waals surface area (Å²) in [6.07, 6.45) is 0. The van der Waals surface area contributed by atoms with E-state index in [2.05, 4.69) is 5.10 Å². The van der Waals surface area contributed by atoms with E-state index in [1.807, 2.05) is 6.07 Å². The molecule has 0 aliphatic heterocycles. The molecule has 1 aromatic heterocycles. The average molecular weight is 410 g/mol. The molecule has 0 aliphatic carbocycles. The quantitative estimate of drug-likeness (QED) is 0.553. The number of hydrogen-bond donors (Lipinski definition) is 0. The van der Waals surface area contributed by atoms with Crippen LogP contribution in [0.15, 0.2) is 42.5 Å². The summed E-state index contributed by atoms with van der Waals surface area (Å²) in [4.78, 5) is 12.7. The molecular formula is C19H15Cl3N2O2. The molecule has 4 nitrogen and oxygen atoms in total. The largest absolute Gasteiger partial charge is 0.487 e. The van der Waals surface area contributed by atoms with Gasteiger partial charge in [0.25, 0.3) is 5.91 Å². The zero-order valence-electron chi connectivity index (χ0n) is 14.1. The van der Waals surface area contributed by atoms with Crippen molar-refractivity contribution in [3.8, 4) is 5.75 Å². The first kappa shape index (κ1) is 18.8. The summed E-state index contributed by atoms with van der Waals surface area (Å²) in [5.41, 5.74) is 2.56. The number of aromatic nitrogens is 2. The summed E-state index contributed by atoms with van der Waals surface area (Å²) in [5.74, 6) is 0.280. The van der Waals surface area contributed by atoms with Gasteiger partial charge in [0.15, 0.2) is 0 Å². The molecule has 0 bridgehead atoms. The van der Waals surface area contributed by atoms with E-state index in [1.54, 1.807) is 50.2 Å². The Hall–Kier alpha value is -2.01. The Morgan fingerprint density at radius 2 is 1.88 bits per heavy atom. The van der Waals surface area contributed by atoms with Crippen molar-refractivity contribution in [1.29, 1.82) is 0 Å². The molecule has 7 heteroatoms. The number of benzene rings is 2. The number of hydrogen-bond acceptors (Lipinski definition) is 3. The molecule has 0 fully saturated rings. The predicted octanol–water partition coefficient (Wildman–Crippen LogP) is 5.73. The Bertz CT molecular complexity index is 983. The van der Waals surface area contributed by atoms with Gasteiger partial charge in [0.05, 0.1) is 21.4 Å². The lowest BCUT2D eigenvalue weighted by Crippen LogP contribution is -2.15. The monoisotopic (exact) mass is 408 g/mol. The third-order valence-electron chi connectivity index (χ3n) is 3.86. The van der Waals surface area contributed by atoms with Crippen molar-refractivity contribution < 1.29 is 9.53 Å². The van der Waals surface area contributed by atoms with Gasteiger partial charge in [-0.3, -0.25) is 4.79 Å². The molecule has 3 rings (SSSR count). The van der Waals surface area contributed by atoms with Crippen LogP contribution in [0.4, 0.5) is 0 Å². The van der Waals surface area contributed by atoms with Gasteiger partial charge < -0.3 is 4.74 Å². The van der Waals surface area contributed by atoms with Gasteiger partial charge in [0, 0.05) is 10.6 Å². The van der Waals surface area contributed by atoms with E-state index in [1.165, 1.54) is 4.68 Å². The second kappa shape index (κ2) is 7.70. The van der Waals surface area contributed by atoms with E-state index >= 15 is 0 Å². The van der Waals surface area contributed by atoms with Gasteiger partial charge in [-0.25, -0.2) is 0 Å². The van der Waals surface area contributed by atoms with Crippen LogP contribution in [0.1, 0.15) is 27.3 Å². The molecule has 0 aliphatic rings. The molecule has 0 amide bonds. The number of rotatable bonds is 4. The Labute approximate surface area is 166 Å². The van der Waals surface area contributed by atoms with Crippen molar-refractivity contribution >= 4 is 40.7 Å². The first-order valence-corrected chi connectivity index (χ1v) is 8.93. The summed E-state index contributed by atoms with van der Waals surface area (Å²) >= 11 is 18.1. The van der Waals surface area contributed by atoms with Crippen LogP contribution in [0.25, 0.3) is 0 Å². The summed E-state index contributed by atoms with van der Waals surface area (Å²) in [7, 11) is 0. The Morgan fingerprint density at radius 1 is 1.12 bits per heavy atom. The van der Waals surface area contributed by atoms with Crippen LogP contribution >= 0.6 is 34.8 Å². The highest BCUT2D eigenvalue weighted by Gasteiger charge is 2.17. The van der Waals surface area contributed by atoms with Gasteiger partial charge in [-0.15, -0.1) is 0 Å². The smallest absolute Gasteiger partial charge is 0.278 e. The van der Waals surface area contributed by atoms with E-state index in [-0.39, 0.29) is 12.5 Å². The number of nitrogens with zero attached hydrogens (tertiary/aromatic N) is 2. The fourth-order valence-corrected chi connectivity index (χ4v) is 3.07. The molecular weight excluding hydrogens is 395 g/mol. The minimum absolute atomic E-state index is 0.246. The summed E-state index contributed by atoms with van der Waals surface area (Å²) in [5, 5.41) is 5.67. The predicted molar refractivity (Wildman–Crippen MR) is 104 cm³/mol. The third-order valence-corrected chi connectivity index (χ3v) is 4.94. The maximum absolute atomic E-state index is 12.7. The molecule has 2 aromatic carbocycles. The minimum atomic E-state index is -0.246. The number of aryl methyl sites for hydroxylation is 1. The second-order valence-corrected chi connectivity index (χ2v) is 6.99. The third kappa shape index (κ3) is 3.88. The normalized spacial score (nSPS) is 10.8. The maximum Gasteiger partial charge on any atom is 0.278 e. The van der Waals surface area contributed by atoms with Crippen molar-refractivity contribution in [2.45, 2.75) is 20.5 Å². The maximum atomic E-state index is 12.7. The highest BCUT2D eigenvalue weighted by atomic mass is 35.5. The van der Waals surface area contributed by atoms with Crippen LogP contribution in [-0.4, -0.2) is 15.7 Å². The zero-order valence-corrected chi connectivity index (χ0v) is 16.4. The van der Waals surface area contributed by atoms with Gasteiger partial charge in [-0.2, -0.15) is 9.78 Å². The molecule has 0 spiro atoms. The van der Waals surface area contributed by atoms with Crippen LogP contribution in [0.5, 0.6) is 5.75 Å². The molecule has 0 radical (unpaired) electrons. The minimum Gasteiger partial charge on any atom is -0.487 e. The number of carbonyl (C=O) groups is 1. The average Bonchev–Trinajstić information content (AvgIpc) is 2.88. The van der Waals surface area contributed by atoms with Crippen molar-refractivity contribution in [2.75, 3.05) is 0 Å². The summed E-state index contributed by atoms with van der Waals surface area (Å²) < 4.78 is 7.03. The SMILES string of the molecule is Cc1nn(C(=O)c2cccc(COc3ccc(Cl)cc3Cl)c2)c(C)c1Cl. The Kier molecular flexibility index (Phi) is 5.56. The molecule has 0 saturated carbocycles. The van der Waals surface area contributed by atoms with E-state index in [9.17, 15) is 4.79 Å². The standard InChI is InChI=1S/C19H15Cl3N2O2/c1-11-18(22)12(2)24(23-11)19(25)14-5-3-4-13(8-14)10-26-17-7-6-15(20)9-16(17)21/h3-9H,10H2,1-2H3. The van der Waals surface area contributed by atoms with Crippen LogP contribution in [0, 0.1) is 13.8 Å². The zero-order chi connectivity index (χ0) is 18.8. The van der Waals surface area contributed by atoms with Crippen molar-refractivity contribution in [2.24, 2.45) is 0 Å². The molecule has 3 aromatic rings. The van der Waals surface area contributed by atoms with Crippen LogP contribution in [-0.2, 0) is 6.61 Å². The lowest BCUT2D eigenvalue weighted by molar-refractivity contribution is 0.0942. The Balaban J connectivity index is 1.79.